The van der Waals surface area contributed by atoms with Crippen LogP contribution in [-0.2, 0) is 0 Å². The predicted octanol–water partition coefficient (Wildman–Crippen LogP) is 2.99. The number of benzene rings is 1. The topological polar surface area (TPSA) is 76.8 Å². The van der Waals surface area contributed by atoms with Crippen molar-refractivity contribution in [3.63, 3.8) is 0 Å². The number of aromatic nitrogens is 3. The summed E-state index contributed by atoms with van der Waals surface area (Å²) in [7, 11) is 0. The molecule has 3 rings (SSSR count). The summed E-state index contributed by atoms with van der Waals surface area (Å²) < 4.78 is 5.64. The molecular weight excluding hydrogens is 252 g/mol. The lowest BCUT2D eigenvalue weighted by atomic mass is 10.3. The summed E-state index contributed by atoms with van der Waals surface area (Å²) in [6, 6.07) is 9.01. The summed E-state index contributed by atoms with van der Waals surface area (Å²) in [4.78, 5) is 11.0. The Morgan fingerprint density at radius 2 is 2.11 bits per heavy atom. The lowest BCUT2D eigenvalue weighted by Gasteiger charge is -2.06. The van der Waals surface area contributed by atoms with E-state index in [1.165, 1.54) is 0 Å². The quantitative estimate of drug-likeness (QED) is 0.743. The minimum absolute atomic E-state index is 0.326. The summed E-state index contributed by atoms with van der Waals surface area (Å²) in [6.07, 6.45) is 1.58. The van der Waals surface area contributed by atoms with Gasteiger partial charge in [0, 0.05) is 6.07 Å². The first-order valence-electron chi connectivity index (χ1n) is 5.26. The van der Waals surface area contributed by atoms with E-state index < -0.39 is 0 Å². The predicted molar refractivity (Wildman–Crippen MR) is 69.8 cm³/mol. The van der Waals surface area contributed by atoms with E-state index >= 15 is 0 Å². The van der Waals surface area contributed by atoms with Crippen LogP contribution in [-0.4, -0.2) is 15.0 Å². The van der Waals surface area contributed by atoms with E-state index in [0.29, 0.717) is 28.1 Å². The van der Waals surface area contributed by atoms with Gasteiger partial charge in [0.15, 0.2) is 11.6 Å². The van der Waals surface area contributed by atoms with Gasteiger partial charge in [-0.3, -0.25) is 0 Å². The van der Waals surface area contributed by atoms with Crippen LogP contribution in [0, 0.1) is 0 Å². The molecule has 0 aliphatic heterocycles. The Labute approximate surface area is 108 Å². The largest absolute Gasteiger partial charge is 0.454 e. The lowest BCUT2D eigenvalue weighted by molar-refractivity contribution is 0.481. The number of hydrogen-bond acceptors (Lipinski definition) is 4. The number of imidazole rings is 1. The van der Waals surface area contributed by atoms with Gasteiger partial charge in [-0.15, -0.1) is 0 Å². The van der Waals surface area contributed by atoms with Gasteiger partial charge < -0.3 is 15.5 Å². The summed E-state index contributed by atoms with van der Waals surface area (Å²) in [6.45, 7) is 0. The van der Waals surface area contributed by atoms with E-state index in [0.717, 1.165) is 5.52 Å². The molecule has 0 radical (unpaired) electrons. The maximum atomic E-state index is 6.01. The first-order chi connectivity index (χ1) is 8.72. The zero-order valence-corrected chi connectivity index (χ0v) is 9.98. The van der Waals surface area contributed by atoms with Crippen molar-refractivity contribution in [2.75, 3.05) is 5.73 Å². The molecule has 2 aromatic heterocycles. The van der Waals surface area contributed by atoms with Gasteiger partial charge in [-0.2, -0.15) is 4.98 Å². The zero-order chi connectivity index (χ0) is 12.5. The molecule has 3 N–H and O–H groups in total. The second kappa shape index (κ2) is 4.19. The molecule has 0 unspecified atom stereocenters. The van der Waals surface area contributed by atoms with Crippen molar-refractivity contribution in [3.05, 3.63) is 41.6 Å². The highest BCUT2D eigenvalue weighted by Gasteiger charge is 2.06. The number of fused-ring (bicyclic) bond motifs is 1. The van der Waals surface area contributed by atoms with Crippen LogP contribution in [0.2, 0.25) is 5.02 Å². The molecule has 0 saturated heterocycles. The van der Waals surface area contributed by atoms with Gasteiger partial charge in [-0.1, -0.05) is 23.7 Å². The molecule has 0 saturated carbocycles. The third-order valence-electron chi connectivity index (χ3n) is 2.40. The van der Waals surface area contributed by atoms with Crippen molar-refractivity contribution in [2.24, 2.45) is 0 Å². The average Bonchev–Trinajstić information content (AvgIpc) is 2.71. The number of nitrogens with zero attached hydrogens (tertiary/aromatic N) is 2. The number of pyridine rings is 1. The highest BCUT2D eigenvalue weighted by atomic mass is 35.5. The lowest BCUT2D eigenvalue weighted by Crippen LogP contribution is -1.86. The van der Waals surface area contributed by atoms with Gasteiger partial charge in [-0.25, -0.2) is 4.98 Å². The van der Waals surface area contributed by atoms with Crippen molar-refractivity contribution >= 4 is 28.7 Å². The standard InChI is InChI=1S/C12H9ClN4O/c13-8-3-1-2-4-10(8)18-7-5-9-11(15-6-7)17-12(14)16-9/h1-6H,(H3,14,15,16,17). The van der Waals surface area contributed by atoms with E-state index in [4.69, 9.17) is 22.1 Å². The highest BCUT2D eigenvalue weighted by Crippen LogP contribution is 2.29. The van der Waals surface area contributed by atoms with E-state index in [9.17, 15) is 0 Å². The molecule has 0 aliphatic carbocycles. The number of H-pyrrole nitrogens is 1. The third-order valence-corrected chi connectivity index (χ3v) is 2.71. The fourth-order valence-electron chi connectivity index (χ4n) is 1.61. The van der Waals surface area contributed by atoms with Crippen LogP contribution in [0.15, 0.2) is 36.5 Å². The van der Waals surface area contributed by atoms with Gasteiger partial charge in [0.2, 0.25) is 0 Å². The Balaban J connectivity index is 1.97. The van der Waals surface area contributed by atoms with Gasteiger partial charge in [-0.05, 0) is 12.1 Å². The van der Waals surface area contributed by atoms with Crippen LogP contribution in [0.25, 0.3) is 11.2 Å². The fourth-order valence-corrected chi connectivity index (χ4v) is 1.78. The molecule has 1 aromatic carbocycles. The maximum Gasteiger partial charge on any atom is 0.200 e. The van der Waals surface area contributed by atoms with Gasteiger partial charge >= 0.3 is 0 Å². The minimum Gasteiger partial charge on any atom is -0.454 e. The van der Waals surface area contributed by atoms with Crippen LogP contribution in [0.1, 0.15) is 0 Å². The van der Waals surface area contributed by atoms with Gasteiger partial charge in [0.25, 0.3) is 0 Å². The number of nitrogens with one attached hydrogen (secondary N) is 1. The fraction of sp³-hybridized carbons (Fsp3) is 0. The third kappa shape index (κ3) is 1.96. The van der Waals surface area contributed by atoms with E-state index in [1.54, 1.807) is 24.4 Å². The summed E-state index contributed by atoms with van der Waals surface area (Å²) in [5.74, 6) is 1.47. The van der Waals surface area contributed by atoms with Crippen molar-refractivity contribution < 1.29 is 4.74 Å². The zero-order valence-electron chi connectivity index (χ0n) is 9.22. The number of ether oxygens (including phenoxy) is 1. The second-order valence-corrected chi connectivity index (χ2v) is 4.10. The highest BCUT2D eigenvalue weighted by molar-refractivity contribution is 6.32. The van der Waals surface area contributed by atoms with Crippen LogP contribution in [0.4, 0.5) is 5.95 Å². The summed E-state index contributed by atoms with van der Waals surface area (Å²) in [5.41, 5.74) is 6.82. The number of nitrogen functional groups attached to an aromatic ring is 1. The average molecular weight is 261 g/mol. The van der Waals surface area contributed by atoms with Gasteiger partial charge in [0.05, 0.1) is 16.7 Å². The van der Waals surface area contributed by atoms with Crippen molar-refractivity contribution in [1.82, 2.24) is 15.0 Å². The molecule has 6 heteroatoms. The Hall–Kier alpha value is -2.27. The molecule has 0 aliphatic rings. The first-order valence-corrected chi connectivity index (χ1v) is 5.64. The minimum atomic E-state index is 0.326. The van der Waals surface area contributed by atoms with Gasteiger partial charge in [0.1, 0.15) is 11.5 Å². The molecular formula is C12H9ClN4O. The van der Waals surface area contributed by atoms with Crippen LogP contribution >= 0.6 is 11.6 Å². The van der Waals surface area contributed by atoms with Crippen molar-refractivity contribution in [3.8, 4) is 11.5 Å². The number of aromatic amines is 1. The number of para-hydroxylation sites is 1. The second-order valence-electron chi connectivity index (χ2n) is 3.70. The molecule has 3 aromatic rings. The molecule has 5 nitrogen and oxygen atoms in total. The van der Waals surface area contributed by atoms with Crippen molar-refractivity contribution in [2.45, 2.75) is 0 Å². The van der Waals surface area contributed by atoms with Crippen LogP contribution < -0.4 is 10.5 Å². The van der Waals surface area contributed by atoms with Crippen LogP contribution in [0.3, 0.4) is 0 Å². The molecule has 0 fully saturated rings. The number of halogens is 1. The normalized spacial score (nSPS) is 10.7. The molecule has 0 atom stereocenters. The summed E-state index contributed by atoms with van der Waals surface area (Å²) in [5, 5.41) is 0.543. The Morgan fingerprint density at radius 3 is 2.94 bits per heavy atom. The molecule has 0 amide bonds. The molecule has 18 heavy (non-hydrogen) atoms. The Morgan fingerprint density at radius 1 is 1.28 bits per heavy atom. The molecule has 0 bridgehead atoms. The smallest absolute Gasteiger partial charge is 0.200 e. The maximum absolute atomic E-state index is 6.01. The van der Waals surface area contributed by atoms with E-state index in [1.807, 2.05) is 12.1 Å². The Kier molecular flexibility index (Phi) is 2.53. The van der Waals surface area contributed by atoms with E-state index in [2.05, 4.69) is 15.0 Å². The van der Waals surface area contributed by atoms with E-state index in [-0.39, 0.29) is 0 Å². The number of rotatable bonds is 2. The Bertz CT molecular complexity index is 710. The SMILES string of the molecule is Nc1nc2ncc(Oc3ccccc3Cl)cc2[nH]1. The number of hydrogen-bond donors (Lipinski definition) is 2. The summed E-state index contributed by atoms with van der Waals surface area (Å²) >= 11 is 6.01. The molecule has 0 spiro atoms. The monoisotopic (exact) mass is 260 g/mol. The number of anilines is 1. The van der Waals surface area contributed by atoms with Crippen molar-refractivity contribution in [1.29, 1.82) is 0 Å². The molecule has 2 heterocycles. The van der Waals surface area contributed by atoms with Crippen LogP contribution in [0.5, 0.6) is 11.5 Å². The number of nitrogens with two attached hydrogens (primary N) is 1. The first kappa shape index (κ1) is 10.9. The molecule has 90 valence electrons.